The zero-order valence-electron chi connectivity index (χ0n) is 12.3. The monoisotopic (exact) mass is 291 g/mol. The van der Waals surface area contributed by atoms with Gasteiger partial charge in [0.1, 0.15) is 0 Å². The number of esters is 1. The summed E-state index contributed by atoms with van der Waals surface area (Å²) in [6.07, 6.45) is 2.05. The van der Waals surface area contributed by atoms with Crippen molar-refractivity contribution in [2.75, 3.05) is 5.73 Å². The van der Waals surface area contributed by atoms with Gasteiger partial charge in [0.05, 0.1) is 0 Å². The van der Waals surface area contributed by atoms with E-state index in [9.17, 15) is 4.79 Å². The largest absolute Gasteiger partial charge is 0.448 e. The van der Waals surface area contributed by atoms with Crippen LogP contribution < -0.4 is 5.73 Å². The molecule has 0 aliphatic carbocycles. The molecule has 0 amide bonds. The fourth-order valence-corrected chi connectivity index (χ4v) is 1.48. The molecule has 0 aliphatic rings. The Morgan fingerprint density at radius 2 is 2.00 bits per heavy atom. The van der Waals surface area contributed by atoms with Crippen LogP contribution in [0.2, 0.25) is 0 Å². The van der Waals surface area contributed by atoms with Crippen LogP contribution in [0.15, 0.2) is 16.9 Å². The first-order valence-electron chi connectivity index (χ1n) is 6.40. The molecular weight excluding hydrogens is 274 g/mol. The van der Waals surface area contributed by atoms with Crippen LogP contribution in [-0.4, -0.2) is 26.1 Å². The number of nitrogen functional groups attached to an aromatic ring is 1. The molecule has 2 heterocycles. The van der Waals surface area contributed by atoms with E-state index >= 15 is 0 Å². The summed E-state index contributed by atoms with van der Waals surface area (Å²) in [5.74, 6) is 0.0781. The Bertz CT molecular complexity index is 647. The molecule has 0 unspecified atom stereocenters. The van der Waals surface area contributed by atoms with Gasteiger partial charge in [0, 0.05) is 17.8 Å². The fourth-order valence-electron chi connectivity index (χ4n) is 1.48. The van der Waals surface area contributed by atoms with Crippen LogP contribution in [0.1, 0.15) is 56.0 Å². The Balaban J connectivity index is 2.11. The van der Waals surface area contributed by atoms with E-state index in [0.717, 1.165) is 0 Å². The van der Waals surface area contributed by atoms with Crippen molar-refractivity contribution in [2.24, 2.45) is 0 Å². The normalized spacial score (nSPS) is 13.0. The van der Waals surface area contributed by atoms with Crippen LogP contribution >= 0.6 is 0 Å². The smallest absolute Gasteiger partial charge is 0.361 e. The van der Waals surface area contributed by atoms with Gasteiger partial charge >= 0.3 is 5.97 Å². The minimum Gasteiger partial charge on any atom is -0.448 e. The molecule has 0 aliphatic heterocycles. The molecule has 2 rings (SSSR count). The van der Waals surface area contributed by atoms with E-state index in [1.165, 1.54) is 12.4 Å². The number of carbonyl (C=O) groups excluding carboxylic acids is 1. The molecule has 21 heavy (non-hydrogen) atoms. The number of hydrogen-bond acceptors (Lipinski definition) is 8. The average Bonchev–Trinajstić information content (AvgIpc) is 2.88. The third kappa shape index (κ3) is 3.33. The minimum atomic E-state index is -0.706. The lowest BCUT2D eigenvalue weighted by Gasteiger charge is -2.11. The van der Waals surface area contributed by atoms with Crippen molar-refractivity contribution >= 4 is 11.8 Å². The summed E-state index contributed by atoms with van der Waals surface area (Å²) < 4.78 is 10.3. The van der Waals surface area contributed by atoms with E-state index in [0.29, 0.717) is 5.82 Å². The molecule has 0 saturated carbocycles. The number of aromatic nitrogens is 4. The van der Waals surface area contributed by atoms with E-state index < -0.39 is 12.1 Å². The molecular formula is C13H17N5O3. The molecule has 0 bridgehead atoms. The molecule has 0 saturated heterocycles. The number of nitrogens with zero attached hydrogens (tertiary/aromatic N) is 4. The van der Waals surface area contributed by atoms with E-state index in [4.69, 9.17) is 15.0 Å². The fraction of sp³-hybridized carbons (Fsp3) is 0.462. The molecule has 0 aromatic carbocycles. The topological polar surface area (TPSA) is 117 Å². The molecule has 0 radical (unpaired) electrons. The van der Waals surface area contributed by atoms with Crippen LogP contribution in [0.3, 0.4) is 0 Å². The van der Waals surface area contributed by atoms with Gasteiger partial charge in [-0.2, -0.15) is 4.98 Å². The van der Waals surface area contributed by atoms with E-state index in [-0.39, 0.29) is 22.8 Å². The zero-order chi connectivity index (χ0) is 15.6. The second kappa shape index (κ2) is 5.47. The number of carbonyl (C=O) groups is 1. The van der Waals surface area contributed by atoms with Crippen LogP contribution in [0, 0.1) is 0 Å². The van der Waals surface area contributed by atoms with Crippen molar-refractivity contribution in [3.8, 4) is 0 Å². The first-order valence-corrected chi connectivity index (χ1v) is 6.40. The summed E-state index contributed by atoms with van der Waals surface area (Å²) in [6, 6.07) is 0. The predicted molar refractivity (Wildman–Crippen MR) is 73.3 cm³/mol. The van der Waals surface area contributed by atoms with Gasteiger partial charge in [-0.05, 0) is 6.92 Å². The van der Waals surface area contributed by atoms with Crippen LogP contribution in [-0.2, 0) is 10.2 Å². The van der Waals surface area contributed by atoms with Gasteiger partial charge in [0.15, 0.2) is 23.4 Å². The second-order valence-electron chi connectivity index (χ2n) is 5.54. The van der Waals surface area contributed by atoms with E-state index in [2.05, 4.69) is 20.1 Å². The van der Waals surface area contributed by atoms with Gasteiger partial charge in [0.25, 0.3) is 5.89 Å². The summed E-state index contributed by atoms with van der Waals surface area (Å²) in [6.45, 7) is 7.50. The molecule has 8 nitrogen and oxygen atoms in total. The first-order chi connectivity index (χ1) is 9.79. The molecule has 2 aromatic rings. The summed E-state index contributed by atoms with van der Waals surface area (Å²) >= 11 is 0. The highest BCUT2D eigenvalue weighted by molar-refractivity contribution is 5.91. The third-order valence-electron chi connectivity index (χ3n) is 2.66. The molecule has 0 spiro atoms. The van der Waals surface area contributed by atoms with E-state index in [1.807, 2.05) is 20.8 Å². The van der Waals surface area contributed by atoms with Gasteiger partial charge in [-0.3, -0.25) is 0 Å². The van der Waals surface area contributed by atoms with Crippen molar-refractivity contribution in [1.29, 1.82) is 0 Å². The number of hydrogen-bond donors (Lipinski definition) is 1. The maximum Gasteiger partial charge on any atom is 0.361 e. The zero-order valence-corrected chi connectivity index (χ0v) is 12.3. The van der Waals surface area contributed by atoms with Crippen molar-refractivity contribution < 1.29 is 14.1 Å². The minimum absolute atomic E-state index is 0.00982. The summed E-state index contributed by atoms with van der Waals surface area (Å²) in [5.41, 5.74) is 5.28. The summed E-state index contributed by atoms with van der Waals surface area (Å²) in [5, 5.41) is 3.88. The maximum atomic E-state index is 12.0. The highest BCUT2D eigenvalue weighted by atomic mass is 16.6. The first kappa shape index (κ1) is 14.9. The number of anilines is 1. The number of nitrogens with two attached hydrogens (primary N) is 1. The van der Waals surface area contributed by atoms with Crippen LogP contribution in [0.5, 0.6) is 0 Å². The van der Waals surface area contributed by atoms with Gasteiger partial charge in [-0.25, -0.2) is 14.8 Å². The lowest BCUT2D eigenvalue weighted by Crippen LogP contribution is -2.15. The standard InChI is InChI=1S/C13H17N5O3/c1-7(10-17-12(18-21-10)13(2,3)4)20-11(19)8-9(14)16-6-5-15-8/h5-7H,1-4H3,(H2,14,16)/t7-/m0/s1. The molecule has 8 heteroatoms. The van der Waals surface area contributed by atoms with Crippen molar-refractivity contribution in [2.45, 2.75) is 39.2 Å². The second-order valence-corrected chi connectivity index (χ2v) is 5.54. The van der Waals surface area contributed by atoms with Crippen molar-refractivity contribution in [3.63, 3.8) is 0 Å². The Morgan fingerprint density at radius 3 is 2.57 bits per heavy atom. The highest BCUT2D eigenvalue weighted by Gasteiger charge is 2.26. The molecule has 2 N–H and O–H groups in total. The summed E-state index contributed by atoms with van der Waals surface area (Å²) in [4.78, 5) is 23.8. The SMILES string of the molecule is C[C@H](OC(=O)c1nccnc1N)c1nc(C(C)(C)C)no1. The van der Waals surface area contributed by atoms with Crippen LogP contribution in [0.4, 0.5) is 5.82 Å². The summed E-state index contributed by atoms with van der Waals surface area (Å²) in [7, 11) is 0. The lowest BCUT2D eigenvalue weighted by molar-refractivity contribution is 0.0259. The third-order valence-corrected chi connectivity index (χ3v) is 2.66. The molecule has 1 atom stereocenters. The van der Waals surface area contributed by atoms with Crippen molar-refractivity contribution in [3.05, 3.63) is 29.8 Å². The molecule has 0 fully saturated rings. The average molecular weight is 291 g/mol. The Kier molecular flexibility index (Phi) is 3.88. The van der Waals surface area contributed by atoms with Gasteiger partial charge < -0.3 is 15.0 Å². The van der Waals surface area contributed by atoms with Gasteiger partial charge in [0.2, 0.25) is 0 Å². The van der Waals surface area contributed by atoms with Gasteiger partial charge in [-0.1, -0.05) is 25.9 Å². The Morgan fingerprint density at radius 1 is 1.33 bits per heavy atom. The number of rotatable bonds is 3. The molecule has 2 aromatic heterocycles. The number of ether oxygens (including phenoxy) is 1. The quantitative estimate of drug-likeness (QED) is 0.848. The Hall–Kier alpha value is -2.51. The van der Waals surface area contributed by atoms with Crippen molar-refractivity contribution in [1.82, 2.24) is 20.1 Å². The van der Waals surface area contributed by atoms with E-state index in [1.54, 1.807) is 6.92 Å². The maximum absolute atomic E-state index is 12.0. The lowest BCUT2D eigenvalue weighted by atomic mass is 9.96. The van der Waals surface area contributed by atoms with Crippen LogP contribution in [0.25, 0.3) is 0 Å². The highest BCUT2D eigenvalue weighted by Crippen LogP contribution is 2.23. The predicted octanol–water partition coefficient (Wildman–Crippen LogP) is 1.66. The Labute approximate surface area is 121 Å². The van der Waals surface area contributed by atoms with Gasteiger partial charge in [-0.15, -0.1) is 0 Å². The molecule has 112 valence electrons.